The maximum Gasteiger partial charge on any atom is 0.227 e. The molecule has 2 N–H and O–H groups in total. The number of nitrogens with zero attached hydrogens (tertiary/aromatic N) is 2. The van der Waals surface area contributed by atoms with Crippen LogP contribution in [0.5, 0.6) is 0 Å². The van der Waals surface area contributed by atoms with Crippen LogP contribution in [0.4, 0.5) is 22.9 Å². The predicted molar refractivity (Wildman–Crippen MR) is 101 cm³/mol. The van der Waals surface area contributed by atoms with Crippen molar-refractivity contribution in [1.29, 1.82) is 0 Å². The fourth-order valence-electron chi connectivity index (χ4n) is 3.34. The fraction of sp³-hybridized carbons (Fsp3) is 0.400. The minimum absolute atomic E-state index is 0.117. The summed E-state index contributed by atoms with van der Waals surface area (Å²) in [5.74, 6) is 1.08. The van der Waals surface area contributed by atoms with E-state index in [0.29, 0.717) is 0 Å². The third-order valence-corrected chi connectivity index (χ3v) is 5.12. The molecular formula is C20H24N4O. The first-order valence-electron chi connectivity index (χ1n) is 9.17. The molecule has 1 aliphatic heterocycles. The van der Waals surface area contributed by atoms with Gasteiger partial charge in [0.25, 0.3) is 0 Å². The van der Waals surface area contributed by atoms with Crippen LogP contribution in [0.2, 0.25) is 0 Å². The average molecular weight is 336 g/mol. The highest BCUT2D eigenvalue weighted by Crippen LogP contribution is 2.28. The number of benzene rings is 1. The molecule has 0 unspecified atom stereocenters. The van der Waals surface area contributed by atoms with Crippen molar-refractivity contribution in [2.75, 3.05) is 28.6 Å². The van der Waals surface area contributed by atoms with Gasteiger partial charge < -0.3 is 15.5 Å². The lowest BCUT2D eigenvalue weighted by molar-refractivity contribution is -0.122. The van der Waals surface area contributed by atoms with Gasteiger partial charge in [-0.3, -0.25) is 4.79 Å². The second-order valence-electron chi connectivity index (χ2n) is 6.92. The Bertz CT molecular complexity index is 716. The summed E-state index contributed by atoms with van der Waals surface area (Å²) in [5, 5.41) is 6.24. The van der Waals surface area contributed by atoms with Gasteiger partial charge >= 0.3 is 0 Å². The van der Waals surface area contributed by atoms with E-state index in [0.717, 1.165) is 49.5 Å². The van der Waals surface area contributed by atoms with E-state index < -0.39 is 0 Å². The Morgan fingerprint density at radius 3 is 2.28 bits per heavy atom. The lowest BCUT2D eigenvalue weighted by atomic mass is 9.85. The van der Waals surface area contributed by atoms with Crippen molar-refractivity contribution < 1.29 is 4.79 Å². The molecule has 1 aromatic carbocycles. The van der Waals surface area contributed by atoms with Crippen LogP contribution in [0.25, 0.3) is 0 Å². The first kappa shape index (κ1) is 15.9. The highest BCUT2D eigenvalue weighted by atomic mass is 16.1. The van der Waals surface area contributed by atoms with Gasteiger partial charge in [-0.2, -0.15) is 0 Å². The number of nitrogens with one attached hydrogen (secondary N) is 2. The summed E-state index contributed by atoms with van der Waals surface area (Å²) < 4.78 is 0. The Morgan fingerprint density at radius 1 is 0.960 bits per heavy atom. The van der Waals surface area contributed by atoms with E-state index in [-0.39, 0.29) is 11.8 Å². The number of carbonyl (C=O) groups is 1. The van der Waals surface area contributed by atoms with Gasteiger partial charge in [0, 0.05) is 30.4 Å². The number of anilines is 4. The Kier molecular flexibility index (Phi) is 4.55. The first-order valence-corrected chi connectivity index (χ1v) is 9.17. The molecule has 130 valence electrons. The quantitative estimate of drug-likeness (QED) is 0.860. The molecule has 2 aliphatic rings. The maximum atomic E-state index is 12.0. The number of amides is 1. The molecule has 4 rings (SSSR count). The number of rotatable bonds is 5. The van der Waals surface area contributed by atoms with Gasteiger partial charge in [-0.05, 0) is 62.1 Å². The van der Waals surface area contributed by atoms with Gasteiger partial charge in [-0.1, -0.05) is 6.42 Å². The van der Waals surface area contributed by atoms with Gasteiger partial charge in [-0.25, -0.2) is 4.98 Å². The Balaban J connectivity index is 1.34. The Morgan fingerprint density at radius 2 is 1.68 bits per heavy atom. The van der Waals surface area contributed by atoms with Gasteiger partial charge in [0.15, 0.2) is 0 Å². The van der Waals surface area contributed by atoms with Crippen molar-refractivity contribution >= 4 is 28.8 Å². The summed E-state index contributed by atoms with van der Waals surface area (Å²) in [4.78, 5) is 18.8. The summed E-state index contributed by atoms with van der Waals surface area (Å²) in [6.45, 7) is 2.31. The molecule has 1 saturated carbocycles. The molecule has 1 amide bonds. The van der Waals surface area contributed by atoms with Gasteiger partial charge in [0.2, 0.25) is 5.91 Å². The third-order valence-electron chi connectivity index (χ3n) is 5.12. The first-order chi connectivity index (χ1) is 12.3. The van der Waals surface area contributed by atoms with Crippen LogP contribution < -0.4 is 15.5 Å². The number of hydrogen-bond donors (Lipinski definition) is 2. The second-order valence-corrected chi connectivity index (χ2v) is 6.92. The molecule has 5 nitrogen and oxygen atoms in total. The van der Waals surface area contributed by atoms with Crippen molar-refractivity contribution in [3.8, 4) is 0 Å². The van der Waals surface area contributed by atoms with Gasteiger partial charge in [0.05, 0.1) is 11.9 Å². The van der Waals surface area contributed by atoms with Crippen molar-refractivity contribution in [2.45, 2.75) is 32.1 Å². The highest BCUT2D eigenvalue weighted by Gasteiger charge is 2.25. The fourth-order valence-corrected chi connectivity index (χ4v) is 3.34. The summed E-state index contributed by atoms with van der Waals surface area (Å²) in [6.07, 6.45) is 7.45. The van der Waals surface area contributed by atoms with E-state index in [4.69, 9.17) is 0 Å². The normalized spacial score (nSPS) is 17.2. The molecule has 2 aromatic rings. The highest BCUT2D eigenvalue weighted by molar-refractivity contribution is 5.92. The molecule has 2 fully saturated rings. The van der Waals surface area contributed by atoms with E-state index in [2.05, 4.69) is 44.8 Å². The Labute approximate surface area is 148 Å². The SMILES string of the molecule is O=C(Nc1ccc(Nc2ccc(N3CCCC3)cc2)nc1)C1CCC1. The molecule has 0 bridgehead atoms. The van der Waals surface area contributed by atoms with Gasteiger partial charge in [-0.15, -0.1) is 0 Å². The van der Waals surface area contributed by atoms with Crippen LogP contribution in [0.1, 0.15) is 32.1 Å². The zero-order valence-electron chi connectivity index (χ0n) is 14.4. The summed E-state index contributed by atoms with van der Waals surface area (Å²) >= 11 is 0. The molecule has 0 atom stereocenters. The molecule has 1 saturated heterocycles. The Hall–Kier alpha value is -2.56. The van der Waals surface area contributed by atoms with Crippen LogP contribution in [0.15, 0.2) is 42.6 Å². The van der Waals surface area contributed by atoms with E-state index in [1.807, 2.05) is 12.1 Å². The minimum Gasteiger partial charge on any atom is -0.372 e. The van der Waals surface area contributed by atoms with Crippen LogP contribution in [-0.2, 0) is 4.79 Å². The number of carbonyl (C=O) groups excluding carboxylic acids is 1. The number of pyridine rings is 1. The monoisotopic (exact) mass is 336 g/mol. The maximum absolute atomic E-state index is 12.0. The van der Waals surface area contributed by atoms with Crippen molar-refractivity contribution in [1.82, 2.24) is 4.98 Å². The molecule has 2 heterocycles. The molecule has 1 aromatic heterocycles. The second kappa shape index (κ2) is 7.13. The van der Waals surface area contributed by atoms with Crippen LogP contribution in [-0.4, -0.2) is 24.0 Å². The van der Waals surface area contributed by atoms with Crippen molar-refractivity contribution in [2.24, 2.45) is 5.92 Å². The van der Waals surface area contributed by atoms with Gasteiger partial charge in [0.1, 0.15) is 5.82 Å². The molecule has 25 heavy (non-hydrogen) atoms. The third kappa shape index (κ3) is 3.76. The largest absolute Gasteiger partial charge is 0.372 e. The molecule has 1 aliphatic carbocycles. The number of aromatic nitrogens is 1. The van der Waals surface area contributed by atoms with E-state index in [1.54, 1.807) is 6.20 Å². The summed E-state index contributed by atoms with van der Waals surface area (Å²) in [7, 11) is 0. The van der Waals surface area contributed by atoms with E-state index >= 15 is 0 Å². The minimum atomic E-state index is 0.117. The topological polar surface area (TPSA) is 57.3 Å². The standard InChI is InChI=1S/C20H24N4O/c25-20(15-4-3-5-15)23-17-8-11-19(21-14-17)22-16-6-9-18(10-7-16)24-12-1-2-13-24/h6-11,14-15H,1-5,12-13H2,(H,21,22)(H,23,25). The lowest BCUT2D eigenvalue weighted by Gasteiger charge is -2.23. The summed E-state index contributed by atoms with van der Waals surface area (Å²) in [6, 6.07) is 12.3. The van der Waals surface area contributed by atoms with Crippen LogP contribution in [0, 0.1) is 5.92 Å². The van der Waals surface area contributed by atoms with Crippen molar-refractivity contribution in [3.05, 3.63) is 42.6 Å². The average Bonchev–Trinajstić information content (AvgIpc) is 3.10. The smallest absolute Gasteiger partial charge is 0.227 e. The lowest BCUT2D eigenvalue weighted by Crippen LogP contribution is -2.28. The van der Waals surface area contributed by atoms with Crippen LogP contribution >= 0.6 is 0 Å². The zero-order valence-corrected chi connectivity index (χ0v) is 14.4. The molecule has 5 heteroatoms. The van der Waals surface area contributed by atoms with Crippen molar-refractivity contribution in [3.63, 3.8) is 0 Å². The molecule has 0 spiro atoms. The molecular weight excluding hydrogens is 312 g/mol. The zero-order chi connectivity index (χ0) is 17.1. The predicted octanol–water partition coefficient (Wildman–Crippen LogP) is 4.16. The summed E-state index contributed by atoms with van der Waals surface area (Å²) in [5.41, 5.74) is 3.05. The number of hydrogen-bond acceptors (Lipinski definition) is 4. The molecule has 0 radical (unpaired) electrons. The van der Waals surface area contributed by atoms with E-state index in [1.165, 1.54) is 18.5 Å². The van der Waals surface area contributed by atoms with Crippen LogP contribution in [0.3, 0.4) is 0 Å². The van der Waals surface area contributed by atoms with E-state index in [9.17, 15) is 4.79 Å².